The molecule has 0 aromatic rings. The van der Waals surface area contributed by atoms with Gasteiger partial charge in [-0.25, -0.2) is 0 Å². The summed E-state index contributed by atoms with van der Waals surface area (Å²) in [6, 6.07) is 0. The van der Waals surface area contributed by atoms with Crippen LogP contribution in [-0.4, -0.2) is 59.0 Å². The summed E-state index contributed by atoms with van der Waals surface area (Å²) in [5, 5.41) is 0. The van der Waals surface area contributed by atoms with Crippen molar-refractivity contribution in [3.05, 3.63) is 11.1 Å². The predicted molar refractivity (Wildman–Crippen MR) is 100 cm³/mol. The smallest absolute Gasteiger partial charge is 0.338 e. The lowest BCUT2D eigenvalue weighted by Crippen LogP contribution is -2.83. The van der Waals surface area contributed by atoms with Crippen molar-refractivity contribution < 1.29 is 28.6 Å². The average Bonchev–Trinajstić information content (AvgIpc) is 3.51. The molecule has 12 saturated carbocycles. The van der Waals surface area contributed by atoms with Gasteiger partial charge in [-0.2, -0.15) is 9.58 Å². The molecule has 6 bridgehead atoms. The standard InChI is InChI=1S/C24H20N4O4/c1-31-19-11-5-6-13(19)23-9-4-3-7(15(27-25)17(9)29)21(11,23)22-8(3)16(28-26)18(30)10(4)24(22,23)14(6)20(32-2)12(5)22/h3-14,19-20H,1-2H3. The largest absolute Gasteiger partial charge is 0.381 e. The Morgan fingerprint density at radius 3 is 1.31 bits per heavy atom. The molecule has 4 spiro atoms. The van der Waals surface area contributed by atoms with Gasteiger partial charge in [0.05, 0.1) is 24.0 Å². The number of hydrogen-bond acceptors (Lipinski definition) is 4. The van der Waals surface area contributed by atoms with Crippen molar-refractivity contribution in [2.45, 2.75) is 12.2 Å². The van der Waals surface area contributed by atoms with Crippen molar-refractivity contribution in [3.63, 3.8) is 0 Å². The number of carbonyl (C=O) groups is 2. The van der Waals surface area contributed by atoms with E-state index in [2.05, 4.69) is 9.58 Å². The molecule has 12 rings (SSSR count). The van der Waals surface area contributed by atoms with Gasteiger partial charge in [0, 0.05) is 47.7 Å². The second kappa shape index (κ2) is 3.56. The van der Waals surface area contributed by atoms with Gasteiger partial charge in [-0.15, -0.1) is 0 Å². The number of fused-ring (bicyclic) bond motifs is 1. The summed E-state index contributed by atoms with van der Waals surface area (Å²) >= 11 is 0. The lowest BCUT2D eigenvalue weighted by molar-refractivity contribution is -0.336. The topological polar surface area (TPSA) is 125 Å². The summed E-state index contributed by atoms with van der Waals surface area (Å²) < 4.78 is 12.6. The van der Waals surface area contributed by atoms with Gasteiger partial charge in [0.1, 0.15) is 0 Å². The summed E-state index contributed by atoms with van der Waals surface area (Å²) in [7, 11) is 3.65. The minimum Gasteiger partial charge on any atom is -0.381 e. The summed E-state index contributed by atoms with van der Waals surface area (Å²) in [5.74, 6) is 1.48. The number of ketones is 2. The summed E-state index contributed by atoms with van der Waals surface area (Å²) in [6.07, 6.45) is 0.212. The van der Waals surface area contributed by atoms with Crippen LogP contribution in [0.5, 0.6) is 0 Å². The van der Waals surface area contributed by atoms with Crippen LogP contribution in [0.15, 0.2) is 0 Å². The zero-order valence-corrected chi connectivity index (χ0v) is 17.5. The first-order valence-electron chi connectivity index (χ1n) is 12.2. The number of carbonyl (C=O) groups excluding carboxylic acids is 2. The molecule has 12 fully saturated rings. The van der Waals surface area contributed by atoms with E-state index in [1.54, 1.807) is 0 Å². The number of ether oxygens (including phenoxy) is 2. The third-order valence-corrected chi connectivity index (χ3v) is 14.7. The van der Waals surface area contributed by atoms with E-state index in [0.29, 0.717) is 46.9 Å². The maximum Gasteiger partial charge on any atom is 0.338 e. The fourth-order valence-corrected chi connectivity index (χ4v) is 16.9. The molecule has 12 aliphatic carbocycles. The Morgan fingerprint density at radius 2 is 0.969 bits per heavy atom. The molecule has 160 valence electrons. The van der Waals surface area contributed by atoms with E-state index in [0.717, 1.165) is 0 Å². The molecule has 0 aliphatic heterocycles. The van der Waals surface area contributed by atoms with Crippen molar-refractivity contribution in [3.8, 4) is 0 Å². The van der Waals surface area contributed by atoms with Crippen LogP contribution in [0.3, 0.4) is 0 Å². The van der Waals surface area contributed by atoms with Crippen LogP contribution in [-0.2, 0) is 19.1 Å². The summed E-state index contributed by atoms with van der Waals surface area (Å²) in [5.41, 5.74) is 20.2. The highest BCUT2D eigenvalue weighted by Gasteiger charge is 3.23. The summed E-state index contributed by atoms with van der Waals surface area (Å²) in [4.78, 5) is 35.2. The van der Waals surface area contributed by atoms with E-state index in [4.69, 9.17) is 9.47 Å². The molecule has 0 aromatic heterocycles. The van der Waals surface area contributed by atoms with Gasteiger partial charge in [0.25, 0.3) is 0 Å². The molecule has 14 atom stereocenters. The Morgan fingerprint density at radius 1 is 0.625 bits per heavy atom. The number of hydrogen-bond donors (Lipinski definition) is 0. The SMILES string of the molecule is COC1C2C3C4C1C15C6C(=[N+]=[N-])C(=O)C7C8C6C6C(=[N+]=[N-])C(=O)C8C8(C3C(OC)C4C681)C725. The van der Waals surface area contributed by atoms with E-state index in [9.17, 15) is 20.7 Å². The monoisotopic (exact) mass is 428 g/mol. The second-order valence-electron chi connectivity index (χ2n) is 12.9. The average molecular weight is 428 g/mol. The maximum absolute atomic E-state index is 13.9. The fourth-order valence-electron chi connectivity index (χ4n) is 16.9. The normalized spacial score (nSPS) is 77.2. The van der Waals surface area contributed by atoms with E-state index in [1.807, 2.05) is 14.2 Å². The van der Waals surface area contributed by atoms with Crippen LogP contribution >= 0.6 is 0 Å². The second-order valence-corrected chi connectivity index (χ2v) is 12.9. The molecule has 32 heavy (non-hydrogen) atoms. The first kappa shape index (κ1) is 15.8. The van der Waals surface area contributed by atoms with Gasteiger partial charge in [-0.1, -0.05) is 0 Å². The Bertz CT molecular complexity index is 1270. The number of nitrogens with zero attached hydrogens (tertiary/aromatic N) is 4. The van der Waals surface area contributed by atoms with Gasteiger partial charge < -0.3 is 20.5 Å². The number of rotatable bonds is 2. The van der Waals surface area contributed by atoms with E-state index >= 15 is 0 Å². The van der Waals surface area contributed by atoms with Gasteiger partial charge in [0.15, 0.2) is 0 Å². The minimum absolute atomic E-state index is 0.000331. The van der Waals surface area contributed by atoms with Crippen molar-refractivity contribution in [1.29, 1.82) is 0 Å². The summed E-state index contributed by atoms with van der Waals surface area (Å²) in [6.45, 7) is 0. The van der Waals surface area contributed by atoms with Crippen molar-refractivity contribution in [2.24, 2.45) is 92.7 Å². The van der Waals surface area contributed by atoms with Gasteiger partial charge >= 0.3 is 11.4 Å². The highest BCUT2D eigenvalue weighted by Crippen LogP contribution is 3.19. The Hall–Kier alpha value is -1.98. The third-order valence-electron chi connectivity index (χ3n) is 14.7. The van der Waals surface area contributed by atoms with Crippen LogP contribution < -0.4 is 0 Å². The molecular formula is C24H20N4O4. The molecule has 0 radical (unpaired) electrons. The molecule has 0 aromatic carbocycles. The Kier molecular flexibility index (Phi) is 1.76. The van der Waals surface area contributed by atoms with Crippen LogP contribution in [0.1, 0.15) is 0 Å². The fraction of sp³-hybridized carbons (Fsp3) is 0.833. The highest BCUT2D eigenvalue weighted by molar-refractivity contribution is 6.46. The van der Waals surface area contributed by atoms with Crippen LogP contribution in [0.25, 0.3) is 11.1 Å². The van der Waals surface area contributed by atoms with Crippen molar-refractivity contribution in [2.75, 3.05) is 14.2 Å². The molecule has 0 N–H and O–H groups in total. The third kappa shape index (κ3) is 0.708. The molecule has 8 heteroatoms. The zero-order valence-electron chi connectivity index (χ0n) is 17.5. The molecule has 0 heterocycles. The number of methoxy groups -OCH3 is 2. The quantitative estimate of drug-likeness (QED) is 0.453. The van der Waals surface area contributed by atoms with E-state index in [-0.39, 0.29) is 80.9 Å². The Balaban J connectivity index is 1.42. The zero-order chi connectivity index (χ0) is 21.2. The van der Waals surface area contributed by atoms with E-state index < -0.39 is 0 Å². The highest BCUT2D eigenvalue weighted by atomic mass is 16.5. The lowest BCUT2D eigenvalue weighted by atomic mass is 9.21. The number of Topliss-reactive ketones (excluding diaryl/α,β-unsaturated/α-hetero) is 2. The maximum atomic E-state index is 13.9. The lowest BCUT2D eigenvalue weighted by Gasteiger charge is -2.79. The van der Waals surface area contributed by atoms with Crippen LogP contribution in [0.4, 0.5) is 0 Å². The molecule has 8 nitrogen and oxygen atoms in total. The van der Waals surface area contributed by atoms with Crippen molar-refractivity contribution >= 4 is 23.0 Å². The predicted octanol–water partition coefficient (Wildman–Crippen LogP) is -0.0142. The van der Waals surface area contributed by atoms with Crippen LogP contribution in [0, 0.1) is 92.7 Å². The molecule has 0 amide bonds. The first-order valence-corrected chi connectivity index (χ1v) is 12.2. The molecule has 0 saturated heterocycles. The van der Waals surface area contributed by atoms with Crippen molar-refractivity contribution in [1.82, 2.24) is 0 Å². The Labute approximate surface area is 182 Å². The first-order chi connectivity index (χ1) is 15.6. The van der Waals surface area contributed by atoms with Gasteiger partial charge in [0.2, 0.25) is 11.6 Å². The van der Waals surface area contributed by atoms with Crippen LogP contribution in [0.2, 0.25) is 0 Å². The van der Waals surface area contributed by atoms with Gasteiger partial charge in [-0.05, 0) is 47.3 Å². The van der Waals surface area contributed by atoms with Gasteiger partial charge in [-0.3, -0.25) is 9.59 Å². The molecular weight excluding hydrogens is 408 g/mol. The minimum atomic E-state index is -0.244. The molecule has 12 aliphatic rings. The van der Waals surface area contributed by atoms with E-state index in [1.165, 1.54) is 0 Å². The molecule has 14 unspecified atom stereocenters.